The van der Waals surface area contributed by atoms with Crippen LogP contribution in [0.25, 0.3) is 0 Å². The molecule has 0 spiro atoms. The number of unbranched alkanes of at least 4 members (excludes halogenated alkanes) is 10. The van der Waals surface area contributed by atoms with E-state index in [1.165, 1.54) is 44.9 Å². The van der Waals surface area contributed by atoms with Gasteiger partial charge in [0, 0.05) is 12.8 Å². The number of hydrogen-bond donors (Lipinski definition) is 3. The summed E-state index contributed by atoms with van der Waals surface area (Å²) in [6.45, 7) is 2.64. The smallest absolute Gasteiger partial charge is 0.472 e. The molecule has 59 heavy (non-hydrogen) atoms. The lowest BCUT2D eigenvalue weighted by atomic mass is 10.1. The van der Waals surface area contributed by atoms with Crippen molar-refractivity contribution >= 4 is 25.7 Å². The van der Waals surface area contributed by atoms with E-state index in [2.05, 4.69) is 79.1 Å². The van der Waals surface area contributed by atoms with Crippen LogP contribution in [0.3, 0.4) is 0 Å². The van der Waals surface area contributed by atoms with E-state index in [-0.39, 0.29) is 12.8 Å². The lowest BCUT2D eigenvalue weighted by Crippen LogP contribution is -2.34. The van der Waals surface area contributed by atoms with Gasteiger partial charge in [0.05, 0.1) is 25.4 Å². The molecule has 1 aliphatic heterocycles. The number of rotatable bonds is 39. The molecular formula is C46H76NO11P. The predicted molar refractivity (Wildman–Crippen MR) is 235 cm³/mol. The highest BCUT2D eigenvalue weighted by Gasteiger charge is 2.36. The fourth-order valence-electron chi connectivity index (χ4n) is 5.74. The Morgan fingerprint density at radius 2 is 1.14 bits per heavy atom. The number of epoxide rings is 1. The molecule has 5 atom stereocenters. The SMILES string of the molecule is CCCCC/C=C\C/C=C\C/C=C\CCCCCCC(=O)O[C@H](COC(=O)CCC/C=C\C/C=C\C/C=C\CC1OC1CCCCC)COP(=O)(O)OC[C@H](N)C(=O)O. The molecule has 1 fully saturated rings. The summed E-state index contributed by atoms with van der Waals surface area (Å²) in [6.07, 6.45) is 45.7. The fourth-order valence-corrected chi connectivity index (χ4v) is 6.52. The van der Waals surface area contributed by atoms with Gasteiger partial charge in [-0.05, 0) is 83.5 Å². The third kappa shape index (κ3) is 34.3. The zero-order chi connectivity index (χ0) is 43.2. The van der Waals surface area contributed by atoms with Crippen molar-refractivity contribution in [1.29, 1.82) is 0 Å². The van der Waals surface area contributed by atoms with Crippen LogP contribution < -0.4 is 5.73 Å². The highest BCUT2D eigenvalue weighted by atomic mass is 31.2. The van der Waals surface area contributed by atoms with E-state index in [9.17, 15) is 23.8 Å². The van der Waals surface area contributed by atoms with Crippen molar-refractivity contribution < 1.29 is 52.2 Å². The first-order valence-corrected chi connectivity index (χ1v) is 23.6. The number of esters is 2. The van der Waals surface area contributed by atoms with E-state index in [0.717, 1.165) is 64.2 Å². The molecule has 0 aliphatic carbocycles. The Bertz CT molecular complexity index is 1340. The van der Waals surface area contributed by atoms with Gasteiger partial charge in [0.15, 0.2) is 6.10 Å². The number of allylic oxidation sites excluding steroid dienone is 11. The summed E-state index contributed by atoms with van der Waals surface area (Å²) >= 11 is 0. The number of nitrogens with two attached hydrogens (primary N) is 1. The van der Waals surface area contributed by atoms with Gasteiger partial charge in [-0.1, -0.05) is 132 Å². The first-order valence-electron chi connectivity index (χ1n) is 22.1. The largest absolute Gasteiger partial charge is 0.480 e. The van der Waals surface area contributed by atoms with Gasteiger partial charge in [-0.3, -0.25) is 23.4 Å². The second kappa shape index (κ2) is 36.7. The lowest BCUT2D eigenvalue weighted by molar-refractivity contribution is -0.161. The summed E-state index contributed by atoms with van der Waals surface area (Å²) in [4.78, 5) is 46.0. The summed E-state index contributed by atoms with van der Waals surface area (Å²) in [5.41, 5.74) is 5.33. The first kappa shape index (κ1) is 53.9. The quantitative estimate of drug-likeness (QED) is 0.0175. The number of aliphatic carboxylic acids is 1. The monoisotopic (exact) mass is 850 g/mol. The molecule has 1 heterocycles. The molecule has 12 nitrogen and oxygen atoms in total. The zero-order valence-corrected chi connectivity index (χ0v) is 36.9. The molecule has 3 unspecified atom stereocenters. The van der Waals surface area contributed by atoms with E-state index >= 15 is 0 Å². The summed E-state index contributed by atoms with van der Waals surface area (Å²) in [5.74, 6) is -2.49. The van der Waals surface area contributed by atoms with E-state index in [1.807, 2.05) is 12.2 Å². The molecule has 1 rings (SSSR count). The van der Waals surface area contributed by atoms with Crippen LogP contribution in [0.4, 0.5) is 0 Å². The molecule has 0 saturated carbocycles. The van der Waals surface area contributed by atoms with E-state index in [1.54, 1.807) is 0 Å². The van der Waals surface area contributed by atoms with Gasteiger partial charge in [-0.15, -0.1) is 0 Å². The average Bonchev–Trinajstić information content (AvgIpc) is 3.97. The second-order valence-electron chi connectivity index (χ2n) is 14.9. The van der Waals surface area contributed by atoms with Crippen molar-refractivity contribution in [3.8, 4) is 0 Å². The third-order valence-corrected chi connectivity index (χ3v) is 10.3. The molecule has 0 radical (unpaired) electrons. The highest BCUT2D eigenvalue weighted by molar-refractivity contribution is 7.47. The summed E-state index contributed by atoms with van der Waals surface area (Å²) < 4.78 is 38.3. The van der Waals surface area contributed by atoms with Crippen molar-refractivity contribution in [2.24, 2.45) is 5.73 Å². The maximum Gasteiger partial charge on any atom is 0.472 e. The maximum absolute atomic E-state index is 12.6. The number of carboxylic acids is 1. The Hall–Kier alpha value is -3.12. The van der Waals surface area contributed by atoms with E-state index in [0.29, 0.717) is 31.5 Å². The van der Waals surface area contributed by atoms with Crippen molar-refractivity contribution in [3.63, 3.8) is 0 Å². The minimum atomic E-state index is -4.74. The van der Waals surface area contributed by atoms with Crippen LogP contribution in [-0.4, -0.2) is 72.1 Å². The van der Waals surface area contributed by atoms with Gasteiger partial charge in [0.1, 0.15) is 12.6 Å². The average molecular weight is 850 g/mol. The van der Waals surface area contributed by atoms with Crippen molar-refractivity contribution in [2.45, 2.75) is 179 Å². The number of phosphoric acid groups is 1. The Kier molecular flexibility index (Phi) is 33.5. The summed E-state index contributed by atoms with van der Waals surface area (Å²) in [5, 5.41) is 8.89. The topological polar surface area (TPSA) is 184 Å². The number of carbonyl (C=O) groups is 3. The molecule has 1 saturated heterocycles. The minimum absolute atomic E-state index is 0.118. The van der Waals surface area contributed by atoms with Crippen LogP contribution in [0.15, 0.2) is 72.9 Å². The van der Waals surface area contributed by atoms with Gasteiger partial charge in [0.25, 0.3) is 0 Å². The van der Waals surface area contributed by atoms with Crippen LogP contribution in [0, 0.1) is 0 Å². The summed E-state index contributed by atoms with van der Waals surface area (Å²) in [7, 11) is -4.74. The van der Waals surface area contributed by atoms with Crippen LogP contribution >= 0.6 is 7.82 Å². The fraction of sp³-hybridized carbons (Fsp3) is 0.674. The molecule has 4 N–H and O–H groups in total. The Balaban J connectivity index is 2.34. The lowest BCUT2D eigenvalue weighted by Gasteiger charge is -2.20. The van der Waals surface area contributed by atoms with E-state index < -0.39 is 57.7 Å². The number of ether oxygens (including phenoxy) is 3. The maximum atomic E-state index is 12.6. The van der Waals surface area contributed by atoms with Crippen LogP contribution in [0.5, 0.6) is 0 Å². The standard InChI is InChI=1S/C46H76NO11P/c1-3-5-7-8-9-10-11-12-13-14-15-16-17-22-25-28-32-36-45(49)57-40(38-55-59(52,53)56-39-41(47)46(50)51)37-54-44(48)35-31-27-24-21-19-18-20-23-26-30-34-43-42(58-43)33-29-6-4-2/h9-10,12-13,15-16,18,20-21,24,26,30,40-43H,3-8,11,14,17,19,22-23,25,27-29,31-39,47H2,1-2H3,(H,50,51)(H,52,53)/b10-9-,13-12-,16-15-,20-18-,24-21-,30-26-/t40-,41+,42?,43?/m1/s1. The first-order chi connectivity index (χ1) is 28.6. The third-order valence-electron chi connectivity index (χ3n) is 9.35. The Labute approximate surface area is 355 Å². The highest BCUT2D eigenvalue weighted by Crippen LogP contribution is 2.43. The number of hydrogen-bond acceptors (Lipinski definition) is 10. The van der Waals surface area contributed by atoms with Gasteiger partial charge in [-0.2, -0.15) is 0 Å². The van der Waals surface area contributed by atoms with Gasteiger partial charge in [0.2, 0.25) is 0 Å². The molecule has 0 aromatic rings. The van der Waals surface area contributed by atoms with Crippen molar-refractivity contribution in [2.75, 3.05) is 19.8 Å². The van der Waals surface area contributed by atoms with Gasteiger partial charge < -0.3 is 29.9 Å². The summed E-state index contributed by atoms with van der Waals surface area (Å²) in [6, 6.07) is -1.54. The molecular weight excluding hydrogens is 773 g/mol. The van der Waals surface area contributed by atoms with Gasteiger partial charge in [-0.25, -0.2) is 4.57 Å². The van der Waals surface area contributed by atoms with Crippen molar-refractivity contribution in [1.82, 2.24) is 0 Å². The Morgan fingerprint density at radius 1 is 0.627 bits per heavy atom. The molecule has 1 aliphatic rings. The molecule has 13 heteroatoms. The Morgan fingerprint density at radius 3 is 1.75 bits per heavy atom. The molecule has 0 aromatic carbocycles. The normalized spacial score (nSPS) is 17.8. The minimum Gasteiger partial charge on any atom is -0.480 e. The number of phosphoric ester groups is 1. The van der Waals surface area contributed by atoms with Gasteiger partial charge >= 0.3 is 25.7 Å². The van der Waals surface area contributed by atoms with Crippen LogP contribution in [0.2, 0.25) is 0 Å². The van der Waals surface area contributed by atoms with Crippen LogP contribution in [0.1, 0.15) is 155 Å². The molecule has 0 aromatic heterocycles. The molecule has 336 valence electrons. The number of carboxylic acid groups (broad SMARTS) is 1. The van der Waals surface area contributed by atoms with Crippen molar-refractivity contribution in [3.05, 3.63) is 72.9 Å². The zero-order valence-electron chi connectivity index (χ0n) is 36.0. The second-order valence-corrected chi connectivity index (χ2v) is 16.3. The molecule has 0 bridgehead atoms. The molecule has 0 amide bonds. The predicted octanol–water partition coefficient (Wildman–Crippen LogP) is 10.7. The number of carbonyl (C=O) groups excluding carboxylic acids is 2. The van der Waals surface area contributed by atoms with Crippen LogP contribution in [-0.2, 0) is 42.2 Å². The van der Waals surface area contributed by atoms with E-state index in [4.69, 9.17) is 29.6 Å².